The number of thiazole rings is 1. The summed E-state index contributed by atoms with van der Waals surface area (Å²) in [5.41, 5.74) is 1.49. The number of likely N-dealkylation sites (tertiary alicyclic amines) is 1. The van der Waals surface area contributed by atoms with E-state index in [-0.39, 0.29) is 5.91 Å². The van der Waals surface area contributed by atoms with Gasteiger partial charge in [-0.1, -0.05) is 0 Å². The van der Waals surface area contributed by atoms with Crippen molar-refractivity contribution in [2.24, 2.45) is 0 Å². The normalized spacial score (nSPS) is 24.5. The minimum absolute atomic E-state index is 0.0669. The van der Waals surface area contributed by atoms with Gasteiger partial charge in [0.1, 0.15) is 17.0 Å². The van der Waals surface area contributed by atoms with E-state index in [0.717, 1.165) is 30.1 Å². The number of amides is 1. The molecule has 0 aromatic carbocycles. The molecule has 0 radical (unpaired) electrons. The van der Waals surface area contributed by atoms with Gasteiger partial charge in [0.2, 0.25) is 0 Å². The van der Waals surface area contributed by atoms with E-state index < -0.39 is 0 Å². The van der Waals surface area contributed by atoms with Gasteiger partial charge in [0.15, 0.2) is 0 Å². The van der Waals surface area contributed by atoms with Gasteiger partial charge in [0.05, 0.1) is 6.26 Å². The van der Waals surface area contributed by atoms with Crippen molar-refractivity contribution in [3.05, 3.63) is 29.7 Å². The lowest BCUT2D eigenvalue weighted by Crippen LogP contribution is -2.44. The summed E-state index contributed by atoms with van der Waals surface area (Å²) < 4.78 is 5.10. The third-order valence-electron chi connectivity index (χ3n) is 5.21. The largest absolute Gasteiger partial charge is 0.472 e. The number of nitrogens with zero attached hydrogens (tertiary/aromatic N) is 3. The lowest BCUT2D eigenvalue weighted by atomic mass is 10.1. The minimum Gasteiger partial charge on any atom is -0.472 e. The number of carbonyl (C=O) groups excluding carboxylic acids is 1. The van der Waals surface area contributed by atoms with Gasteiger partial charge in [0.25, 0.3) is 5.91 Å². The fraction of sp³-hybridized carbons (Fsp3) is 0.556. The SMILES string of the molecule is CC(C)N1C2CCC1CN(C(=O)c1csc(-c3ccoc3)n1)CC2. The molecule has 6 heteroatoms. The molecule has 0 saturated carbocycles. The highest BCUT2D eigenvalue weighted by Gasteiger charge is 2.39. The maximum Gasteiger partial charge on any atom is 0.273 e. The van der Waals surface area contributed by atoms with E-state index in [1.54, 1.807) is 12.5 Å². The van der Waals surface area contributed by atoms with Crippen LogP contribution >= 0.6 is 11.3 Å². The van der Waals surface area contributed by atoms with Crippen molar-refractivity contribution in [2.45, 2.75) is 51.2 Å². The number of rotatable bonds is 3. The first-order chi connectivity index (χ1) is 11.6. The molecule has 2 atom stereocenters. The molecule has 2 bridgehead atoms. The maximum atomic E-state index is 12.9. The number of hydrogen-bond donors (Lipinski definition) is 0. The predicted molar refractivity (Wildman–Crippen MR) is 94.1 cm³/mol. The molecule has 0 N–H and O–H groups in total. The average Bonchev–Trinajstić information content (AvgIpc) is 3.24. The molecule has 128 valence electrons. The van der Waals surface area contributed by atoms with Crippen molar-refractivity contribution in [1.82, 2.24) is 14.8 Å². The molecule has 24 heavy (non-hydrogen) atoms. The van der Waals surface area contributed by atoms with E-state index >= 15 is 0 Å². The Kier molecular flexibility index (Phi) is 4.18. The maximum absolute atomic E-state index is 12.9. The Morgan fingerprint density at radius 2 is 2.17 bits per heavy atom. The standard InChI is InChI=1S/C18H23N3O2S/c1-12(2)21-14-3-4-15(21)9-20(7-5-14)18(22)16-11-24-17(19-16)13-6-8-23-10-13/h6,8,10-12,14-15H,3-5,7,9H2,1-2H3. The zero-order chi connectivity index (χ0) is 16.7. The molecule has 0 aliphatic carbocycles. The number of aromatic nitrogens is 1. The van der Waals surface area contributed by atoms with E-state index in [1.165, 1.54) is 24.2 Å². The van der Waals surface area contributed by atoms with Crippen LogP contribution in [-0.2, 0) is 0 Å². The second-order valence-electron chi connectivity index (χ2n) is 7.02. The minimum atomic E-state index is 0.0669. The van der Waals surface area contributed by atoms with Crippen LogP contribution in [0.25, 0.3) is 10.6 Å². The number of furan rings is 1. The predicted octanol–water partition coefficient (Wildman–Crippen LogP) is 3.49. The molecule has 1 amide bonds. The van der Waals surface area contributed by atoms with E-state index in [9.17, 15) is 4.79 Å². The van der Waals surface area contributed by atoms with Gasteiger partial charge in [-0.2, -0.15) is 0 Å². The second kappa shape index (κ2) is 6.33. The fourth-order valence-corrected chi connectivity index (χ4v) is 4.97. The summed E-state index contributed by atoms with van der Waals surface area (Å²) in [5.74, 6) is 0.0669. The van der Waals surface area contributed by atoms with Crippen molar-refractivity contribution < 1.29 is 9.21 Å². The van der Waals surface area contributed by atoms with E-state index in [4.69, 9.17) is 4.42 Å². The molecule has 2 aliphatic heterocycles. The quantitative estimate of drug-likeness (QED) is 0.854. The third-order valence-corrected chi connectivity index (χ3v) is 6.11. The van der Waals surface area contributed by atoms with Crippen LogP contribution < -0.4 is 0 Å². The van der Waals surface area contributed by atoms with Crippen LogP contribution in [0, 0.1) is 0 Å². The number of carbonyl (C=O) groups is 1. The molecule has 0 spiro atoms. The van der Waals surface area contributed by atoms with Crippen LogP contribution in [0.15, 0.2) is 28.4 Å². The summed E-state index contributed by atoms with van der Waals surface area (Å²) in [4.78, 5) is 22.1. The van der Waals surface area contributed by atoms with E-state index in [0.29, 0.717) is 23.8 Å². The molecule has 2 saturated heterocycles. The Morgan fingerprint density at radius 3 is 2.92 bits per heavy atom. The topological polar surface area (TPSA) is 49.6 Å². The molecule has 2 unspecified atom stereocenters. The highest BCUT2D eigenvalue weighted by atomic mass is 32.1. The molecule has 2 aromatic rings. The molecule has 2 aromatic heterocycles. The first kappa shape index (κ1) is 15.8. The summed E-state index contributed by atoms with van der Waals surface area (Å²) in [5, 5.41) is 2.71. The van der Waals surface area contributed by atoms with Gasteiger partial charge in [-0.05, 0) is 39.2 Å². The van der Waals surface area contributed by atoms with Crippen LogP contribution in [0.3, 0.4) is 0 Å². The van der Waals surface area contributed by atoms with Crippen molar-refractivity contribution >= 4 is 17.2 Å². The van der Waals surface area contributed by atoms with Crippen molar-refractivity contribution in [3.63, 3.8) is 0 Å². The zero-order valence-corrected chi connectivity index (χ0v) is 15.0. The highest BCUT2D eigenvalue weighted by Crippen LogP contribution is 2.33. The van der Waals surface area contributed by atoms with Gasteiger partial charge >= 0.3 is 0 Å². The van der Waals surface area contributed by atoms with Crippen molar-refractivity contribution in [1.29, 1.82) is 0 Å². The third kappa shape index (κ3) is 2.78. The first-order valence-electron chi connectivity index (χ1n) is 8.68. The summed E-state index contributed by atoms with van der Waals surface area (Å²) in [6.45, 7) is 6.19. The van der Waals surface area contributed by atoms with Crippen LogP contribution in [0.2, 0.25) is 0 Å². The summed E-state index contributed by atoms with van der Waals surface area (Å²) in [7, 11) is 0. The van der Waals surface area contributed by atoms with Crippen LogP contribution in [0.4, 0.5) is 0 Å². The molecule has 5 nitrogen and oxygen atoms in total. The Morgan fingerprint density at radius 1 is 1.33 bits per heavy atom. The molecular weight excluding hydrogens is 322 g/mol. The molecule has 2 fully saturated rings. The zero-order valence-electron chi connectivity index (χ0n) is 14.1. The smallest absolute Gasteiger partial charge is 0.273 e. The Labute approximate surface area is 146 Å². The van der Waals surface area contributed by atoms with Crippen molar-refractivity contribution in [2.75, 3.05) is 13.1 Å². The Balaban J connectivity index is 1.51. The summed E-state index contributed by atoms with van der Waals surface area (Å²) in [6.07, 6.45) is 6.83. The van der Waals surface area contributed by atoms with Gasteiger partial charge < -0.3 is 9.32 Å². The van der Waals surface area contributed by atoms with Gasteiger partial charge in [-0.15, -0.1) is 11.3 Å². The second-order valence-corrected chi connectivity index (χ2v) is 7.87. The van der Waals surface area contributed by atoms with Crippen LogP contribution in [-0.4, -0.2) is 51.9 Å². The first-order valence-corrected chi connectivity index (χ1v) is 9.56. The number of hydrogen-bond acceptors (Lipinski definition) is 5. The van der Waals surface area contributed by atoms with Crippen LogP contribution in [0.1, 0.15) is 43.6 Å². The Bertz CT molecular complexity index is 710. The lowest BCUT2D eigenvalue weighted by Gasteiger charge is -2.32. The van der Waals surface area contributed by atoms with Gasteiger partial charge in [-0.25, -0.2) is 4.98 Å². The van der Waals surface area contributed by atoms with Gasteiger partial charge in [0, 0.05) is 42.2 Å². The fourth-order valence-electron chi connectivity index (χ4n) is 4.19. The summed E-state index contributed by atoms with van der Waals surface area (Å²) in [6, 6.07) is 3.54. The molecule has 4 rings (SSSR count). The van der Waals surface area contributed by atoms with Crippen molar-refractivity contribution in [3.8, 4) is 10.6 Å². The number of fused-ring (bicyclic) bond motifs is 2. The Hall–Kier alpha value is -1.66. The highest BCUT2D eigenvalue weighted by molar-refractivity contribution is 7.13. The molecular formula is C18H23N3O2S. The monoisotopic (exact) mass is 345 g/mol. The van der Waals surface area contributed by atoms with E-state index in [1.807, 2.05) is 16.3 Å². The molecule has 2 aliphatic rings. The van der Waals surface area contributed by atoms with E-state index in [2.05, 4.69) is 23.7 Å². The summed E-state index contributed by atoms with van der Waals surface area (Å²) >= 11 is 1.50. The van der Waals surface area contributed by atoms with Crippen LogP contribution in [0.5, 0.6) is 0 Å². The van der Waals surface area contributed by atoms with Gasteiger partial charge in [-0.3, -0.25) is 9.69 Å². The average molecular weight is 345 g/mol. The lowest BCUT2D eigenvalue weighted by molar-refractivity contribution is 0.0723. The molecule has 4 heterocycles.